The average molecular weight is 552 g/mol. The summed E-state index contributed by atoms with van der Waals surface area (Å²) in [5.74, 6) is -0.891. The number of hydrogen-bond donors (Lipinski definition) is 2. The van der Waals surface area contributed by atoms with Crippen LogP contribution in [0, 0.1) is 0 Å². The molecular weight excluding hydrogens is 514 g/mol. The SMILES string of the molecule is C/C=C(\NC(=O)[C@@H](N)[C@@H](C)O[Si](c1ccccc1)(c1ccccc1)C(C)(C)C)c1nc(C(=O)OCC)cs1. The molecule has 0 unspecified atom stereocenters. The van der Waals surface area contributed by atoms with Crippen molar-refractivity contribution in [2.24, 2.45) is 5.73 Å². The molecule has 0 saturated carbocycles. The fourth-order valence-corrected chi connectivity index (χ4v) is 9.96. The van der Waals surface area contributed by atoms with Crippen LogP contribution in [0.2, 0.25) is 5.04 Å². The van der Waals surface area contributed by atoms with Crippen molar-refractivity contribution in [3.63, 3.8) is 0 Å². The van der Waals surface area contributed by atoms with Gasteiger partial charge in [-0.15, -0.1) is 11.3 Å². The first-order chi connectivity index (χ1) is 18.0. The van der Waals surface area contributed by atoms with Crippen molar-refractivity contribution in [1.29, 1.82) is 0 Å². The van der Waals surface area contributed by atoms with Crippen LogP contribution in [0.3, 0.4) is 0 Å². The van der Waals surface area contributed by atoms with Gasteiger partial charge in [-0.25, -0.2) is 9.78 Å². The van der Waals surface area contributed by atoms with Crippen LogP contribution in [-0.4, -0.2) is 43.9 Å². The number of carbonyl (C=O) groups excluding carboxylic acids is 2. The van der Waals surface area contributed by atoms with Gasteiger partial charge in [-0.3, -0.25) is 4.79 Å². The van der Waals surface area contributed by atoms with Gasteiger partial charge in [0.25, 0.3) is 8.32 Å². The minimum absolute atomic E-state index is 0.202. The molecule has 3 N–H and O–H groups in total. The molecule has 0 fully saturated rings. The maximum absolute atomic E-state index is 13.3. The number of nitrogens with zero attached hydrogens (tertiary/aromatic N) is 1. The van der Waals surface area contributed by atoms with E-state index in [1.165, 1.54) is 11.3 Å². The molecule has 2 aromatic carbocycles. The van der Waals surface area contributed by atoms with Gasteiger partial charge < -0.3 is 20.2 Å². The second kappa shape index (κ2) is 12.6. The fraction of sp³-hybridized carbons (Fsp3) is 0.345. The monoisotopic (exact) mass is 551 g/mol. The Morgan fingerprint density at radius 2 is 1.63 bits per heavy atom. The second-order valence-electron chi connectivity index (χ2n) is 9.96. The van der Waals surface area contributed by atoms with Crippen LogP contribution < -0.4 is 21.4 Å². The Morgan fingerprint density at radius 1 is 1.08 bits per heavy atom. The third kappa shape index (κ3) is 6.29. The number of benzene rings is 2. The summed E-state index contributed by atoms with van der Waals surface area (Å²) in [5.41, 5.74) is 7.19. The Bertz CT molecular complexity index is 1220. The number of ether oxygens (including phenoxy) is 1. The standard InChI is InChI=1S/C29H37N3O4SSi/c1-7-23(27-32-24(19-37-27)28(34)35-8-2)31-26(33)25(30)20(3)36-38(29(4,5)6,21-15-11-9-12-16-21)22-17-13-10-14-18-22/h7,9-20,25H,8,30H2,1-6H3,(H,31,33)/b23-7-/t20-,25+/m1/s1. The normalized spacial score (nSPS) is 14.0. The smallest absolute Gasteiger partial charge is 0.357 e. The van der Waals surface area contributed by atoms with Crippen LogP contribution >= 0.6 is 11.3 Å². The lowest BCUT2D eigenvalue weighted by Gasteiger charge is -2.45. The number of nitrogens with one attached hydrogen (secondary N) is 1. The molecule has 0 saturated heterocycles. The summed E-state index contributed by atoms with van der Waals surface area (Å²) in [6.07, 6.45) is 1.14. The molecule has 0 spiro atoms. The van der Waals surface area contributed by atoms with Gasteiger partial charge in [-0.05, 0) is 36.2 Å². The molecule has 0 aliphatic carbocycles. The highest BCUT2D eigenvalue weighted by atomic mass is 32.1. The lowest BCUT2D eigenvalue weighted by molar-refractivity contribution is -0.123. The zero-order valence-electron chi connectivity index (χ0n) is 22.9. The van der Waals surface area contributed by atoms with Gasteiger partial charge in [0.2, 0.25) is 5.91 Å². The van der Waals surface area contributed by atoms with E-state index in [2.05, 4.69) is 55.3 Å². The highest BCUT2D eigenvalue weighted by Gasteiger charge is 2.51. The van der Waals surface area contributed by atoms with Gasteiger partial charge in [-0.1, -0.05) is 87.5 Å². The Labute approximate surface area is 230 Å². The predicted octanol–water partition coefficient (Wildman–Crippen LogP) is 4.09. The van der Waals surface area contributed by atoms with Gasteiger partial charge in [-0.2, -0.15) is 0 Å². The van der Waals surface area contributed by atoms with E-state index >= 15 is 0 Å². The summed E-state index contributed by atoms with van der Waals surface area (Å²) in [6, 6.07) is 19.5. The number of hydrogen-bond acceptors (Lipinski definition) is 7. The van der Waals surface area contributed by atoms with Crippen molar-refractivity contribution in [3.05, 3.63) is 82.8 Å². The van der Waals surface area contributed by atoms with E-state index in [1.54, 1.807) is 25.3 Å². The molecule has 0 bridgehead atoms. The van der Waals surface area contributed by atoms with E-state index in [4.69, 9.17) is 14.9 Å². The summed E-state index contributed by atoms with van der Waals surface area (Å²) in [5, 5.41) is 6.96. The van der Waals surface area contributed by atoms with Gasteiger partial charge in [0, 0.05) is 5.38 Å². The van der Waals surface area contributed by atoms with E-state index in [1.807, 2.05) is 43.3 Å². The minimum atomic E-state index is -2.89. The molecule has 1 heterocycles. The summed E-state index contributed by atoms with van der Waals surface area (Å²) in [6.45, 7) is 12.2. The van der Waals surface area contributed by atoms with Crippen LogP contribution in [0.5, 0.6) is 0 Å². The minimum Gasteiger partial charge on any atom is -0.461 e. The largest absolute Gasteiger partial charge is 0.461 e. The van der Waals surface area contributed by atoms with Crippen molar-refractivity contribution >= 4 is 47.6 Å². The van der Waals surface area contributed by atoms with Crippen molar-refractivity contribution < 1.29 is 18.8 Å². The molecule has 2 atom stereocenters. The van der Waals surface area contributed by atoms with Crippen LogP contribution in [0.15, 0.2) is 72.1 Å². The molecule has 0 radical (unpaired) electrons. The third-order valence-corrected chi connectivity index (χ3v) is 12.4. The molecule has 1 aromatic heterocycles. The molecule has 9 heteroatoms. The van der Waals surface area contributed by atoms with Gasteiger partial charge in [0.1, 0.15) is 11.0 Å². The first kappa shape index (κ1) is 29.4. The van der Waals surface area contributed by atoms with Crippen LogP contribution in [0.1, 0.15) is 57.0 Å². The van der Waals surface area contributed by atoms with E-state index in [0.29, 0.717) is 10.7 Å². The molecule has 202 valence electrons. The highest BCUT2D eigenvalue weighted by Crippen LogP contribution is 2.37. The van der Waals surface area contributed by atoms with Crippen LogP contribution in [-0.2, 0) is 14.0 Å². The number of nitrogens with two attached hydrogens (primary N) is 1. The number of amides is 1. The zero-order chi connectivity index (χ0) is 27.9. The summed E-state index contributed by atoms with van der Waals surface area (Å²) in [4.78, 5) is 29.7. The van der Waals surface area contributed by atoms with E-state index in [-0.39, 0.29) is 17.3 Å². The highest BCUT2D eigenvalue weighted by molar-refractivity contribution is 7.11. The van der Waals surface area contributed by atoms with E-state index in [0.717, 1.165) is 10.4 Å². The number of allylic oxidation sites excluding steroid dienone is 1. The lowest BCUT2D eigenvalue weighted by Crippen LogP contribution is -2.69. The summed E-state index contributed by atoms with van der Waals surface area (Å²) >= 11 is 1.25. The van der Waals surface area contributed by atoms with Gasteiger partial charge in [0.15, 0.2) is 5.69 Å². The molecule has 3 aromatic rings. The number of aromatic nitrogens is 1. The summed E-state index contributed by atoms with van der Waals surface area (Å²) < 4.78 is 12.0. The molecule has 3 rings (SSSR count). The quantitative estimate of drug-likeness (QED) is 0.291. The lowest BCUT2D eigenvalue weighted by atomic mass is 10.2. The third-order valence-electron chi connectivity index (χ3n) is 6.35. The van der Waals surface area contributed by atoms with Gasteiger partial charge in [0.05, 0.1) is 18.4 Å². The van der Waals surface area contributed by atoms with Gasteiger partial charge >= 0.3 is 5.97 Å². The molecule has 1 amide bonds. The molecule has 38 heavy (non-hydrogen) atoms. The Morgan fingerprint density at radius 3 is 2.11 bits per heavy atom. The molecule has 0 aliphatic heterocycles. The Kier molecular flexibility index (Phi) is 9.78. The maximum atomic E-state index is 13.3. The Balaban J connectivity index is 1.88. The first-order valence-corrected chi connectivity index (χ1v) is 15.5. The van der Waals surface area contributed by atoms with E-state index in [9.17, 15) is 9.59 Å². The van der Waals surface area contributed by atoms with Crippen molar-refractivity contribution in [2.75, 3.05) is 6.61 Å². The molecule has 7 nitrogen and oxygen atoms in total. The fourth-order valence-electron chi connectivity index (χ4n) is 4.42. The average Bonchev–Trinajstić information content (AvgIpc) is 3.40. The zero-order valence-corrected chi connectivity index (χ0v) is 24.7. The summed E-state index contributed by atoms with van der Waals surface area (Å²) in [7, 11) is -2.89. The van der Waals surface area contributed by atoms with Crippen LogP contribution in [0.25, 0.3) is 5.70 Å². The maximum Gasteiger partial charge on any atom is 0.357 e. The second-order valence-corrected chi connectivity index (χ2v) is 15.1. The Hall–Kier alpha value is -3.11. The number of carbonyl (C=O) groups is 2. The van der Waals surface area contributed by atoms with E-state index < -0.39 is 32.3 Å². The number of esters is 1. The number of rotatable bonds is 10. The first-order valence-electron chi connectivity index (χ1n) is 12.7. The van der Waals surface area contributed by atoms with Crippen molar-refractivity contribution in [2.45, 2.75) is 58.7 Å². The van der Waals surface area contributed by atoms with Crippen LogP contribution in [0.4, 0.5) is 0 Å². The number of thiazole rings is 1. The topological polar surface area (TPSA) is 104 Å². The molecule has 0 aliphatic rings. The van der Waals surface area contributed by atoms with Crippen molar-refractivity contribution in [1.82, 2.24) is 10.3 Å². The molecular formula is C29H37N3O4SSi. The predicted molar refractivity (Wildman–Crippen MR) is 156 cm³/mol. The van der Waals surface area contributed by atoms with Crippen molar-refractivity contribution in [3.8, 4) is 0 Å².